The van der Waals surface area contributed by atoms with Crippen LogP contribution in [-0.2, 0) is 4.74 Å². The highest BCUT2D eigenvalue weighted by molar-refractivity contribution is 5.89. The quantitative estimate of drug-likeness (QED) is 0.837. The molecule has 2 atom stereocenters. The SMILES string of the molecule is Cc1nc(N2CC(CO)OCC2C)ccc1C(=O)O. The van der Waals surface area contributed by atoms with E-state index in [1.165, 1.54) is 0 Å². The van der Waals surface area contributed by atoms with E-state index in [9.17, 15) is 4.79 Å². The number of rotatable bonds is 3. The average Bonchev–Trinajstić information content (AvgIpc) is 2.38. The molecule has 1 aliphatic rings. The molecule has 1 aromatic rings. The van der Waals surface area contributed by atoms with Gasteiger partial charge < -0.3 is 19.8 Å². The number of hydrogen-bond donors (Lipinski definition) is 2. The molecule has 0 radical (unpaired) electrons. The molecular formula is C13H18N2O4. The first-order valence-electron chi connectivity index (χ1n) is 6.23. The van der Waals surface area contributed by atoms with Gasteiger partial charge >= 0.3 is 5.97 Å². The number of carboxylic acids is 1. The lowest BCUT2D eigenvalue weighted by Crippen LogP contribution is -2.50. The number of carboxylic acid groups (broad SMARTS) is 1. The molecule has 2 unspecified atom stereocenters. The van der Waals surface area contributed by atoms with Crippen molar-refractivity contribution in [3.8, 4) is 0 Å². The summed E-state index contributed by atoms with van der Waals surface area (Å²) in [6.45, 7) is 4.73. The average molecular weight is 266 g/mol. The van der Waals surface area contributed by atoms with Crippen LogP contribution < -0.4 is 4.90 Å². The lowest BCUT2D eigenvalue weighted by atomic mass is 10.1. The van der Waals surface area contributed by atoms with Crippen molar-refractivity contribution in [2.45, 2.75) is 26.0 Å². The number of morpholine rings is 1. The van der Waals surface area contributed by atoms with Crippen LogP contribution in [0, 0.1) is 6.92 Å². The number of aromatic carboxylic acids is 1. The standard InChI is InChI=1S/C13H18N2O4/c1-8-7-19-10(6-16)5-15(8)12-4-3-11(13(17)18)9(2)14-12/h3-4,8,10,16H,5-7H2,1-2H3,(H,17,18). The Morgan fingerprint density at radius 3 is 2.89 bits per heavy atom. The summed E-state index contributed by atoms with van der Waals surface area (Å²) in [6, 6.07) is 3.41. The van der Waals surface area contributed by atoms with E-state index in [0.717, 1.165) is 5.82 Å². The van der Waals surface area contributed by atoms with Crippen molar-refractivity contribution in [1.82, 2.24) is 4.98 Å². The fourth-order valence-corrected chi connectivity index (χ4v) is 2.18. The summed E-state index contributed by atoms with van der Waals surface area (Å²) >= 11 is 0. The maximum Gasteiger partial charge on any atom is 0.337 e. The van der Waals surface area contributed by atoms with Gasteiger partial charge in [-0.3, -0.25) is 0 Å². The van der Waals surface area contributed by atoms with Gasteiger partial charge in [-0.15, -0.1) is 0 Å². The number of aliphatic hydroxyl groups excluding tert-OH is 1. The van der Waals surface area contributed by atoms with Gasteiger partial charge in [-0.05, 0) is 26.0 Å². The van der Waals surface area contributed by atoms with Crippen molar-refractivity contribution >= 4 is 11.8 Å². The van der Waals surface area contributed by atoms with Crippen molar-refractivity contribution in [2.24, 2.45) is 0 Å². The first-order chi connectivity index (χ1) is 9.02. The first-order valence-corrected chi connectivity index (χ1v) is 6.23. The van der Waals surface area contributed by atoms with Gasteiger partial charge in [-0.1, -0.05) is 0 Å². The van der Waals surface area contributed by atoms with Gasteiger partial charge in [-0.25, -0.2) is 9.78 Å². The van der Waals surface area contributed by atoms with Gasteiger partial charge in [0.1, 0.15) is 5.82 Å². The van der Waals surface area contributed by atoms with Crippen LogP contribution in [0.3, 0.4) is 0 Å². The highest BCUT2D eigenvalue weighted by atomic mass is 16.5. The molecule has 0 aliphatic carbocycles. The Morgan fingerprint density at radius 2 is 2.32 bits per heavy atom. The lowest BCUT2D eigenvalue weighted by molar-refractivity contribution is -0.0105. The van der Waals surface area contributed by atoms with Gasteiger partial charge in [0.15, 0.2) is 0 Å². The molecule has 1 saturated heterocycles. The summed E-state index contributed by atoms with van der Waals surface area (Å²) in [7, 11) is 0. The number of aromatic nitrogens is 1. The van der Waals surface area contributed by atoms with Crippen LogP contribution in [0.15, 0.2) is 12.1 Å². The zero-order chi connectivity index (χ0) is 14.0. The summed E-state index contributed by atoms with van der Waals surface area (Å²) in [6.07, 6.45) is -0.225. The minimum atomic E-state index is -0.972. The Labute approximate surface area is 111 Å². The molecule has 2 N–H and O–H groups in total. The van der Waals surface area contributed by atoms with E-state index in [2.05, 4.69) is 4.98 Å². The van der Waals surface area contributed by atoms with Crippen molar-refractivity contribution in [3.63, 3.8) is 0 Å². The van der Waals surface area contributed by atoms with Crippen LogP contribution >= 0.6 is 0 Å². The molecule has 1 aliphatic heterocycles. The molecule has 2 rings (SSSR count). The van der Waals surface area contributed by atoms with E-state index in [-0.39, 0.29) is 24.3 Å². The van der Waals surface area contributed by atoms with E-state index in [1.807, 2.05) is 11.8 Å². The minimum absolute atomic E-state index is 0.0323. The molecule has 0 bridgehead atoms. The zero-order valence-electron chi connectivity index (χ0n) is 11.0. The first kappa shape index (κ1) is 13.8. The van der Waals surface area contributed by atoms with Gasteiger partial charge in [0.25, 0.3) is 0 Å². The zero-order valence-corrected chi connectivity index (χ0v) is 11.0. The molecule has 6 heteroatoms. The second-order valence-corrected chi connectivity index (χ2v) is 4.75. The highest BCUT2D eigenvalue weighted by Gasteiger charge is 2.27. The number of nitrogens with zero attached hydrogens (tertiary/aromatic N) is 2. The Hall–Kier alpha value is -1.66. The van der Waals surface area contributed by atoms with Gasteiger partial charge in [-0.2, -0.15) is 0 Å². The number of ether oxygens (including phenoxy) is 1. The second-order valence-electron chi connectivity index (χ2n) is 4.75. The number of anilines is 1. The molecular weight excluding hydrogens is 248 g/mol. The van der Waals surface area contributed by atoms with E-state index in [4.69, 9.17) is 14.9 Å². The summed E-state index contributed by atoms with van der Waals surface area (Å²) in [5.41, 5.74) is 0.701. The minimum Gasteiger partial charge on any atom is -0.478 e. The molecule has 1 aromatic heterocycles. The maximum atomic E-state index is 11.0. The third-order valence-corrected chi connectivity index (χ3v) is 3.30. The smallest absolute Gasteiger partial charge is 0.337 e. The van der Waals surface area contributed by atoms with Crippen molar-refractivity contribution in [1.29, 1.82) is 0 Å². The monoisotopic (exact) mass is 266 g/mol. The normalized spacial score (nSPS) is 23.4. The van der Waals surface area contributed by atoms with E-state index < -0.39 is 5.97 Å². The molecule has 1 fully saturated rings. The number of aryl methyl sites for hydroxylation is 1. The maximum absolute atomic E-state index is 11.0. The third-order valence-electron chi connectivity index (χ3n) is 3.30. The van der Waals surface area contributed by atoms with E-state index in [0.29, 0.717) is 18.8 Å². The van der Waals surface area contributed by atoms with Crippen molar-refractivity contribution < 1.29 is 19.7 Å². The van der Waals surface area contributed by atoms with Crippen LogP contribution in [-0.4, -0.2) is 53.1 Å². The predicted molar refractivity (Wildman–Crippen MR) is 69.6 cm³/mol. The number of pyridine rings is 1. The summed E-state index contributed by atoms with van der Waals surface area (Å²) in [5, 5.41) is 18.2. The predicted octanol–water partition coefficient (Wildman–Crippen LogP) is 0.674. The van der Waals surface area contributed by atoms with Crippen LogP contribution in [0.25, 0.3) is 0 Å². The van der Waals surface area contributed by atoms with Crippen LogP contribution in [0.5, 0.6) is 0 Å². The Morgan fingerprint density at radius 1 is 1.58 bits per heavy atom. The molecule has 0 saturated carbocycles. The van der Waals surface area contributed by atoms with Crippen LogP contribution in [0.4, 0.5) is 5.82 Å². The van der Waals surface area contributed by atoms with E-state index >= 15 is 0 Å². The van der Waals surface area contributed by atoms with Gasteiger partial charge in [0.05, 0.1) is 36.6 Å². The lowest BCUT2D eigenvalue weighted by Gasteiger charge is -2.38. The van der Waals surface area contributed by atoms with Gasteiger partial charge in [0, 0.05) is 6.54 Å². The Kier molecular flexibility index (Phi) is 4.01. The largest absolute Gasteiger partial charge is 0.478 e. The molecule has 104 valence electrons. The fourth-order valence-electron chi connectivity index (χ4n) is 2.18. The van der Waals surface area contributed by atoms with E-state index in [1.54, 1.807) is 19.1 Å². The Balaban J connectivity index is 2.25. The van der Waals surface area contributed by atoms with Gasteiger partial charge in [0.2, 0.25) is 0 Å². The summed E-state index contributed by atoms with van der Waals surface area (Å²) in [5.74, 6) is -0.253. The third kappa shape index (κ3) is 2.85. The molecule has 19 heavy (non-hydrogen) atoms. The highest BCUT2D eigenvalue weighted by Crippen LogP contribution is 2.21. The Bertz CT molecular complexity index is 478. The second kappa shape index (κ2) is 5.54. The molecule has 6 nitrogen and oxygen atoms in total. The molecule has 0 aromatic carbocycles. The molecule has 0 spiro atoms. The molecule has 2 heterocycles. The number of hydrogen-bond acceptors (Lipinski definition) is 5. The van der Waals surface area contributed by atoms with Crippen LogP contribution in [0.1, 0.15) is 23.0 Å². The van der Waals surface area contributed by atoms with Crippen molar-refractivity contribution in [3.05, 3.63) is 23.4 Å². The van der Waals surface area contributed by atoms with Crippen molar-refractivity contribution in [2.75, 3.05) is 24.7 Å². The topological polar surface area (TPSA) is 82.9 Å². The molecule has 0 amide bonds. The number of carbonyl (C=O) groups is 1. The van der Waals surface area contributed by atoms with Crippen LogP contribution in [0.2, 0.25) is 0 Å². The number of aliphatic hydroxyl groups is 1. The fraction of sp³-hybridized carbons (Fsp3) is 0.538. The summed E-state index contributed by atoms with van der Waals surface area (Å²) < 4.78 is 5.47. The summed E-state index contributed by atoms with van der Waals surface area (Å²) in [4.78, 5) is 17.3.